The summed E-state index contributed by atoms with van der Waals surface area (Å²) in [5, 5.41) is 2.88. The van der Waals surface area contributed by atoms with Gasteiger partial charge in [-0.3, -0.25) is 9.59 Å². The lowest BCUT2D eigenvalue weighted by atomic mass is 10.0. The summed E-state index contributed by atoms with van der Waals surface area (Å²) in [5.41, 5.74) is -0.202. The second-order valence-corrected chi connectivity index (χ2v) is 6.49. The van der Waals surface area contributed by atoms with Crippen molar-refractivity contribution in [3.63, 3.8) is 0 Å². The van der Waals surface area contributed by atoms with E-state index in [2.05, 4.69) is 17.1 Å². The van der Waals surface area contributed by atoms with Crippen LogP contribution in [0.5, 0.6) is 5.75 Å². The Morgan fingerprint density at radius 3 is 2.50 bits per heavy atom. The van der Waals surface area contributed by atoms with E-state index in [0.717, 1.165) is 19.6 Å². The fourth-order valence-electron chi connectivity index (χ4n) is 3.18. The van der Waals surface area contributed by atoms with Crippen LogP contribution in [0.4, 0.5) is 5.69 Å². The molecule has 2 aliphatic rings. The van der Waals surface area contributed by atoms with Gasteiger partial charge in [0.15, 0.2) is 0 Å². The van der Waals surface area contributed by atoms with Gasteiger partial charge in [0.1, 0.15) is 11.2 Å². The third-order valence-corrected chi connectivity index (χ3v) is 5.03. The van der Waals surface area contributed by atoms with Gasteiger partial charge in [-0.1, -0.05) is 13.0 Å². The Kier molecular flexibility index (Phi) is 4.76. The van der Waals surface area contributed by atoms with Crippen LogP contribution in [-0.2, 0) is 9.59 Å². The Hall–Kier alpha value is -2.08. The lowest BCUT2D eigenvalue weighted by molar-refractivity contribution is -0.143. The Labute approximate surface area is 142 Å². The van der Waals surface area contributed by atoms with Crippen molar-refractivity contribution in [3.8, 4) is 5.75 Å². The molecule has 6 heteroatoms. The maximum absolute atomic E-state index is 12.9. The third-order valence-electron chi connectivity index (χ3n) is 5.03. The SMILES string of the molecule is CCN1CCN(C(=O)C2(C(=O)Nc3cccc(OC)c3)CC2)CC1. The highest BCUT2D eigenvalue weighted by Crippen LogP contribution is 2.48. The number of hydrogen-bond donors (Lipinski definition) is 1. The summed E-state index contributed by atoms with van der Waals surface area (Å²) >= 11 is 0. The molecule has 1 aliphatic heterocycles. The van der Waals surface area contributed by atoms with Crippen LogP contribution in [-0.4, -0.2) is 61.4 Å². The Balaban J connectivity index is 1.64. The maximum Gasteiger partial charge on any atom is 0.240 e. The molecule has 24 heavy (non-hydrogen) atoms. The summed E-state index contributed by atoms with van der Waals surface area (Å²) in [6, 6.07) is 7.21. The molecule has 2 fully saturated rings. The number of nitrogens with zero attached hydrogens (tertiary/aromatic N) is 2. The summed E-state index contributed by atoms with van der Waals surface area (Å²) in [5.74, 6) is 0.469. The van der Waals surface area contributed by atoms with E-state index >= 15 is 0 Å². The number of hydrogen-bond acceptors (Lipinski definition) is 4. The van der Waals surface area contributed by atoms with E-state index in [1.807, 2.05) is 17.0 Å². The van der Waals surface area contributed by atoms with Gasteiger partial charge in [-0.25, -0.2) is 0 Å². The van der Waals surface area contributed by atoms with Gasteiger partial charge in [0, 0.05) is 37.9 Å². The van der Waals surface area contributed by atoms with Crippen LogP contribution in [0.3, 0.4) is 0 Å². The molecule has 3 rings (SSSR count). The number of nitrogens with one attached hydrogen (secondary N) is 1. The van der Waals surface area contributed by atoms with Crippen molar-refractivity contribution < 1.29 is 14.3 Å². The molecule has 0 bridgehead atoms. The first-order valence-corrected chi connectivity index (χ1v) is 8.56. The van der Waals surface area contributed by atoms with Crippen molar-refractivity contribution in [2.24, 2.45) is 5.41 Å². The van der Waals surface area contributed by atoms with Gasteiger partial charge >= 0.3 is 0 Å². The average Bonchev–Trinajstić information content (AvgIpc) is 3.43. The highest BCUT2D eigenvalue weighted by atomic mass is 16.5. The van der Waals surface area contributed by atoms with Crippen molar-refractivity contribution in [1.29, 1.82) is 0 Å². The first-order valence-electron chi connectivity index (χ1n) is 8.56. The molecule has 1 aromatic rings. The largest absolute Gasteiger partial charge is 0.497 e. The van der Waals surface area contributed by atoms with E-state index < -0.39 is 5.41 Å². The molecule has 1 heterocycles. The van der Waals surface area contributed by atoms with Gasteiger partial charge in [-0.2, -0.15) is 0 Å². The summed E-state index contributed by atoms with van der Waals surface area (Å²) in [7, 11) is 1.59. The topological polar surface area (TPSA) is 61.9 Å². The number of anilines is 1. The number of likely N-dealkylation sites (N-methyl/N-ethyl adjacent to an activating group) is 1. The molecule has 1 saturated carbocycles. The Morgan fingerprint density at radius 1 is 1.21 bits per heavy atom. The van der Waals surface area contributed by atoms with E-state index in [0.29, 0.717) is 37.4 Å². The van der Waals surface area contributed by atoms with Crippen LogP contribution in [0.2, 0.25) is 0 Å². The van der Waals surface area contributed by atoms with Crippen molar-refractivity contribution in [2.45, 2.75) is 19.8 Å². The standard InChI is InChI=1S/C18H25N3O3/c1-3-20-9-11-21(12-10-20)17(23)18(7-8-18)16(22)19-14-5-4-6-15(13-14)24-2/h4-6,13H,3,7-12H2,1-2H3,(H,19,22). The van der Waals surface area contributed by atoms with E-state index in [9.17, 15) is 9.59 Å². The van der Waals surface area contributed by atoms with Crippen LogP contribution >= 0.6 is 0 Å². The van der Waals surface area contributed by atoms with Gasteiger partial charge in [0.25, 0.3) is 0 Å². The minimum Gasteiger partial charge on any atom is -0.497 e. The van der Waals surface area contributed by atoms with Crippen molar-refractivity contribution in [3.05, 3.63) is 24.3 Å². The van der Waals surface area contributed by atoms with Crippen molar-refractivity contribution in [2.75, 3.05) is 45.2 Å². The minimum absolute atomic E-state index is 0.0151. The molecule has 1 aliphatic carbocycles. The summed E-state index contributed by atoms with van der Waals surface area (Å²) < 4.78 is 5.17. The number of carbonyl (C=O) groups excluding carboxylic acids is 2. The summed E-state index contributed by atoms with van der Waals surface area (Å²) in [4.78, 5) is 29.7. The fourth-order valence-corrected chi connectivity index (χ4v) is 3.18. The number of piperazine rings is 1. The first-order chi connectivity index (χ1) is 11.6. The Morgan fingerprint density at radius 2 is 1.92 bits per heavy atom. The first kappa shape index (κ1) is 16.8. The zero-order valence-corrected chi connectivity index (χ0v) is 14.4. The zero-order valence-electron chi connectivity index (χ0n) is 14.4. The van der Waals surface area contributed by atoms with Crippen LogP contribution in [0.1, 0.15) is 19.8 Å². The monoisotopic (exact) mass is 331 g/mol. The van der Waals surface area contributed by atoms with Gasteiger partial charge in [0.05, 0.1) is 7.11 Å². The predicted molar refractivity (Wildman–Crippen MR) is 92.0 cm³/mol. The summed E-state index contributed by atoms with van der Waals surface area (Å²) in [6.45, 7) is 6.32. The van der Waals surface area contributed by atoms with Crippen LogP contribution in [0.15, 0.2) is 24.3 Å². The predicted octanol–water partition coefficient (Wildman–Crippen LogP) is 1.58. The maximum atomic E-state index is 12.9. The highest BCUT2D eigenvalue weighted by Gasteiger charge is 2.58. The molecule has 0 spiro atoms. The quantitative estimate of drug-likeness (QED) is 0.832. The zero-order chi connectivity index (χ0) is 17.2. The second kappa shape index (κ2) is 6.81. The molecule has 1 N–H and O–H groups in total. The smallest absolute Gasteiger partial charge is 0.240 e. The third kappa shape index (κ3) is 3.24. The van der Waals surface area contributed by atoms with Gasteiger partial charge in [0.2, 0.25) is 11.8 Å². The number of benzene rings is 1. The molecule has 1 aromatic carbocycles. The molecule has 6 nitrogen and oxygen atoms in total. The lowest BCUT2D eigenvalue weighted by Crippen LogP contribution is -2.52. The second-order valence-electron chi connectivity index (χ2n) is 6.49. The molecular formula is C18H25N3O3. The van der Waals surface area contributed by atoms with Crippen LogP contribution < -0.4 is 10.1 Å². The lowest BCUT2D eigenvalue weighted by Gasteiger charge is -2.35. The van der Waals surface area contributed by atoms with Gasteiger partial charge < -0.3 is 19.9 Å². The summed E-state index contributed by atoms with van der Waals surface area (Å²) in [6.07, 6.45) is 1.27. The molecule has 1 saturated heterocycles. The minimum atomic E-state index is -0.864. The van der Waals surface area contributed by atoms with Crippen molar-refractivity contribution >= 4 is 17.5 Å². The van der Waals surface area contributed by atoms with Crippen molar-refractivity contribution in [1.82, 2.24) is 9.80 Å². The molecule has 0 radical (unpaired) electrons. The molecular weight excluding hydrogens is 306 g/mol. The van der Waals surface area contributed by atoms with Crippen LogP contribution in [0, 0.1) is 5.41 Å². The average molecular weight is 331 g/mol. The van der Waals surface area contributed by atoms with Gasteiger partial charge in [-0.15, -0.1) is 0 Å². The normalized spacial score (nSPS) is 19.7. The number of amides is 2. The van der Waals surface area contributed by atoms with E-state index in [-0.39, 0.29) is 11.8 Å². The molecule has 130 valence electrons. The number of rotatable bonds is 5. The molecule has 0 unspecified atom stereocenters. The number of carbonyl (C=O) groups is 2. The van der Waals surface area contributed by atoms with E-state index in [1.54, 1.807) is 19.2 Å². The fraction of sp³-hybridized carbons (Fsp3) is 0.556. The van der Waals surface area contributed by atoms with E-state index in [1.165, 1.54) is 0 Å². The van der Waals surface area contributed by atoms with Gasteiger partial charge in [-0.05, 0) is 31.5 Å². The highest BCUT2D eigenvalue weighted by molar-refractivity contribution is 6.13. The number of ether oxygens (including phenoxy) is 1. The Bertz CT molecular complexity index is 620. The molecule has 0 atom stereocenters. The number of methoxy groups -OCH3 is 1. The molecule has 2 amide bonds. The van der Waals surface area contributed by atoms with Crippen LogP contribution in [0.25, 0.3) is 0 Å². The van der Waals surface area contributed by atoms with E-state index in [4.69, 9.17) is 4.74 Å². The molecule has 0 aromatic heterocycles.